The Kier molecular flexibility index (Phi) is 6.64. The summed E-state index contributed by atoms with van der Waals surface area (Å²) < 4.78 is 0. The number of unbranched alkanes of at least 4 members (excludes halogenated alkanes) is 1. The van der Waals surface area contributed by atoms with Crippen molar-refractivity contribution in [2.24, 2.45) is 10.9 Å². The predicted octanol–water partition coefficient (Wildman–Crippen LogP) is 2.22. The molecule has 0 aromatic heterocycles. The van der Waals surface area contributed by atoms with E-state index in [9.17, 15) is 0 Å². The maximum absolute atomic E-state index is 4.61. The number of aliphatic imine (C=N–C) groups is 1. The minimum atomic E-state index is 0.886. The lowest BCUT2D eigenvalue weighted by atomic mass is 10.3. The molecule has 2 aliphatic carbocycles. The Morgan fingerprint density at radius 2 is 1.95 bits per heavy atom. The van der Waals surface area contributed by atoms with Gasteiger partial charge in [0.1, 0.15) is 0 Å². The molecule has 0 aliphatic heterocycles. The van der Waals surface area contributed by atoms with Gasteiger partial charge in [0.25, 0.3) is 0 Å². The molecule has 0 saturated heterocycles. The van der Waals surface area contributed by atoms with E-state index in [2.05, 4.69) is 34.4 Å². The Bertz CT molecular complexity index is 295. The standard InChI is InChI=1S/C16H32N4/c1-3-5-10-18-16(17-4-2)19-11-12-20(15-8-9-15)13-14-6-7-14/h14-15H,3-13H2,1-2H3,(H2,17,18,19). The van der Waals surface area contributed by atoms with E-state index in [0.29, 0.717) is 0 Å². The molecule has 2 fully saturated rings. The van der Waals surface area contributed by atoms with Crippen LogP contribution in [0.2, 0.25) is 0 Å². The molecule has 0 spiro atoms. The molecular weight excluding hydrogens is 248 g/mol. The zero-order chi connectivity index (χ0) is 14.2. The molecule has 4 nitrogen and oxygen atoms in total. The Morgan fingerprint density at radius 3 is 2.55 bits per heavy atom. The average molecular weight is 280 g/mol. The van der Waals surface area contributed by atoms with Gasteiger partial charge in [-0.15, -0.1) is 0 Å². The van der Waals surface area contributed by atoms with E-state index in [-0.39, 0.29) is 0 Å². The highest BCUT2D eigenvalue weighted by molar-refractivity contribution is 5.79. The third-order valence-corrected chi connectivity index (χ3v) is 4.07. The highest BCUT2D eigenvalue weighted by Gasteiger charge is 2.33. The summed E-state index contributed by atoms with van der Waals surface area (Å²) in [6, 6.07) is 0.886. The van der Waals surface area contributed by atoms with Crippen LogP contribution in [0.25, 0.3) is 0 Å². The first kappa shape index (κ1) is 15.6. The van der Waals surface area contributed by atoms with Gasteiger partial charge in [0, 0.05) is 38.8 Å². The maximum Gasteiger partial charge on any atom is 0.191 e. The van der Waals surface area contributed by atoms with E-state index in [0.717, 1.165) is 37.6 Å². The molecule has 0 amide bonds. The summed E-state index contributed by atoms with van der Waals surface area (Å²) >= 11 is 0. The second kappa shape index (κ2) is 8.50. The number of guanidine groups is 1. The van der Waals surface area contributed by atoms with Crippen LogP contribution >= 0.6 is 0 Å². The van der Waals surface area contributed by atoms with Crippen molar-refractivity contribution < 1.29 is 0 Å². The third-order valence-electron chi connectivity index (χ3n) is 4.07. The van der Waals surface area contributed by atoms with E-state index < -0.39 is 0 Å². The molecule has 0 aromatic carbocycles. The molecule has 0 atom stereocenters. The summed E-state index contributed by atoms with van der Waals surface area (Å²) in [6.07, 6.45) is 8.12. The molecule has 20 heavy (non-hydrogen) atoms. The molecule has 4 heteroatoms. The van der Waals surface area contributed by atoms with Crippen molar-refractivity contribution in [1.82, 2.24) is 15.5 Å². The van der Waals surface area contributed by atoms with Gasteiger partial charge in [-0.3, -0.25) is 9.89 Å². The molecule has 0 heterocycles. The monoisotopic (exact) mass is 280 g/mol. The summed E-state index contributed by atoms with van der Waals surface area (Å²) in [5.74, 6) is 1.99. The smallest absolute Gasteiger partial charge is 0.191 e. The highest BCUT2D eigenvalue weighted by atomic mass is 15.2. The quantitative estimate of drug-likeness (QED) is 0.366. The molecule has 2 aliphatic rings. The largest absolute Gasteiger partial charge is 0.357 e. The number of hydrogen-bond donors (Lipinski definition) is 2. The zero-order valence-corrected chi connectivity index (χ0v) is 13.3. The normalized spacial score (nSPS) is 19.4. The number of hydrogen-bond acceptors (Lipinski definition) is 2. The van der Waals surface area contributed by atoms with Crippen molar-refractivity contribution in [3.63, 3.8) is 0 Å². The van der Waals surface area contributed by atoms with E-state index in [1.807, 2.05) is 0 Å². The fourth-order valence-corrected chi connectivity index (χ4v) is 2.50. The van der Waals surface area contributed by atoms with Crippen molar-refractivity contribution in [1.29, 1.82) is 0 Å². The van der Waals surface area contributed by atoms with Crippen LogP contribution in [0, 0.1) is 5.92 Å². The van der Waals surface area contributed by atoms with Gasteiger partial charge >= 0.3 is 0 Å². The summed E-state index contributed by atoms with van der Waals surface area (Å²) in [6.45, 7) is 9.71. The Labute approximate surface area is 124 Å². The second-order valence-corrected chi connectivity index (χ2v) is 6.21. The van der Waals surface area contributed by atoms with E-state index in [4.69, 9.17) is 0 Å². The summed E-state index contributed by atoms with van der Waals surface area (Å²) in [5.41, 5.74) is 0. The third kappa shape index (κ3) is 6.12. The van der Waals surface area contributed by atoms with Crippen LogP contribution in [0.1, 0.15) is 52.4 Å². The van der Waals surface area contributed by atoms with Crippen molar-refractivity contribution in [2.45, 2.75) is 58.4 Å². The molecule has 0 bridgehead atoms. The van der Waals surface area contributed by atoms with Gasteiger partial charge < -0.3 is 10.6 Å². The van der Waals surface area contributed by atoms with Gasteiger partial charge in [-0.05, 0) is 44.9 Å². The number of nitrogens with one attached hydrogen (secondary N) is 2. The molecule has 0 aromatic rings. The fourth-order valence-electron chi connectivity index (χ4n) is 2.50. The van der Waals surface area contributed by atoms with Crippen LogP contribution in [0.3, 0.4) is 0 Å². The second-order valence-electron chi connectivity index (χ2n) is 6.21. The Morgan fingerprint density at radius 1 is 1.15 bits per heavy atom. The zero-order valence-electron chi connectivity index (χ0n) is 13.3. The van der Waals surface area contributed by atoms with Gasteiger partial charge in [0.2, 0.25) is 0 Å². The Balaban J connectivity index is 1.66. The van der Waals surface area contributed by atoms with E-state index in [1.165, 1.54) is 51.6 Å². The molecule has 0 radical (unpaired) electrons. The lowest BCUT2D eigenvalue weighted by Crippen LogP contribution is -2.42. The van der Waals surface area contributed by atoms with Crippen molar-refractivity contribution in [3.8, 4) is 0 Å². The lowest BCUT2D eigenvalue weighted by Gasteiger charge is -2.22. The first-order valence-corrected chi connectivity index (χ1v) is 8.59. The van der Waals surface area contributed by atoms with Gasteiger partial charge in [0.15, 0.2) is 5.96 Å². The van der Waals surface area contributed by atoms with Crippen LogP contribution < -0.4 is 10.6 Å². The van der Waals surface area contributed by atoms with Crippen LogP contribution in [-0.4, -0.2) is 49.6 Å². The summed E-state index contributed by atoms with van der Waals surface area (Å²) in [5, 5.41) is 6.82. The highest BCUT2D eigenvalue weighted by Crippen LogP contribution is 2.34. The molecule has 116 valence electrons. The fraction of sp³-hybridized carbons (Fsp3) is 0.938. The van der Waals surface area contributed by atoms with Crippen LogP contribution in [0.5, 0.6) is 0 Å². The van der Waals surface area contributed by atoms with Gasteiger partial charge in [-0.25, -0.2) is 0 Å². The van der Waals surface area contributed by atoms with Crippen molar-refractivity contribution in [2.75, 3.05) is 32.7 Å². The van der Waals surface area contributed by atoms with Crippen LogP contribution in [0.4, 0.5) is 0 Å². The van der Waals surface area contributed by atoms with E-state index >= 15 is 0 Å². The lowest BCUT2D eigenvalue weighted by molar-refractivity contribution is 0.256. The van der Waals surface area contributed by atoms with Gasteiger partial charge in [-0.1, -0.05) is 13.3 Å². The molecule has 2 N–H and O–H groups in total. The topological polar surface area (TPSA) is 39.7 Å². The molecule has 2 rings (SSSR count). The number of rotatable bonds is 10. The van der Waals surface area contributed by atoms with Crippen LogP contribution in [-0.2, 0) is 0 Å². The predicted molar refractivity (Wildman–Crippen MR) is 86.2 cm³/mol. The number of nitrogens with zero attached hydrogens (tertiary/aromatic N) is 2. The minimum Gasteiger partial charge on any atom is -0.357 e. The summed E-state index contributed by atoms with van der Waals surface area (Å²) in [4.78, 5) is 7.30. The summed E-state index contributed by atoms with van der Waals surface area (Å²) in [7, 11) is 0. The molecule has 2 saturated carbocycles. The molecule has 0 unspecified atom stereocenters. The maximum atomic E-state index is 4.61. The van der Waals surface area contributed by atoms with Gasteiger partial charge in [0.05, 0.1) is 0 Å². The van der Waals surface area contributed by atoms with Crippen LogP contribution in [0.15, 0.2) is 4.99 Å². The Hall–Kier alpha value is -0.770. The molecular formula is C16H32N4. The van der Waals surface area contributed by atoms with E-state index in [1.54, 1.807) is 0 Å². The van der Waals surface area contributed by atoms with Crippen molar-refractivity contribution >= 4 is 5.96 Å². The SMILES string of the molecule is CCCCN=C(NCC)NCCN(CC1CC1)C1CC1. The minimum absolute atomic E-state index is 0.886. The average Bonchev–Trinajstić information content (AvgIpc) is 3.30. The van der Waals surface area contributed by atoms with Crippen molar-refractivity contribution in [3.05, 3.63) is 0 Å². The van der Waals surface area contributed by atoms with Gasteiger partial charge in [-0.2, -0.15) is 0 Å². The first-order valence-electron chi connectivity index (χ1n) is 8.59. The first-order chi connectivity index (χ1) is 9.83.